The first-order chi connectivity index (χ1) is 10.0. The summed E-state index contributed by atoms with van der Waals surface area (Å²) in [6, 6.07) is 3.13. The molecule has 0 aliphatic carbocycles. The number of anilines is 1. The van der Waals surface area contributed by atoms with Gasteiger partial charge in [0.25, 0.3) is 0 Å². The van der Waals surface area contributed by atoms with Crippen LogP contribution in [0.1, 0.15) is 10.4 Å². The first-order valence-electron chi connectivity index (χ1n) is 6.22. The maximum absolute atomic E-state index is 11.5. The molecule has 8 nitrogen and oxygen atoms in total. The van der Waals surface area contributed by atoms with Crippen molar-refractivity contribution in [2.45, 2.75) is 0 Å². The molecule has 1 rings (SSSR count). The van der Waals surface area contributed by atoms with E-state index in [1.807, 2.05) is 0 Å². The summed E-state index contributed by atoms with van der Waals surface area (Å²) in [6.45, 7) is 1.55. The summed E-state index contributed by atoms with van der Waals surface area (Å²) < 4.78 is 9.95. The predicted octanol–water partition coefficient (Wildman–Crippen LogP) is 0.875. The average Bonchev–Trinajstić information content (AvgIpc) is 2.44. The summed E-state index contributed by atoms with van der Waals surface area (Å²) >= 11 is 0. The number of hydrogen-bond acceptors (Lipinski definition) is 5. The van der Waals surface area contributed by atoms with Gasteiger partial charge in [-0.25, -0.2) is 9.59 Å². The van der Waals surface area contributed by atoms with Crippen molar-refractivity contribution >= 4 is 17.7 Å². The maximum atomic E-state index is 11.5. The molecule has 0 bridgehead atoms. The lowest BCUT2D eigenvalue weighted by atomic mass is 10.2. The van der Waals surface area contributed by atoms with Crippen molar-refractivity contribution in [3.8, 4) is 5.75 Å². The molecule has 0 aliphatic rings. The summed E-state index contributed by atoms with van der Waals surface area (Å²) in [5.74, 6) is -1.48. The molecular weight excluding hydrogens is 280 g/mol. The van der Waals surface area contributed by atoms with Crippen molar-refractivity contribution in [1.29, 1.82) is 0 Å². The Bertz CT molecular complexity index is 492. The van der Waals surface area contributed by atoms with E-state index in [4.69, 9.17) is 14.6 Å². The summed E-state index contributed by atoms with van der Waals surface area (Å²) in [5.41, 5.74) is 0.0582. The minimum Gasteiger partial charge on any atom is -0.506 e. The number of nitrogens with one attached hydrogen (secondary N) is 2. The van der Waals surface area contributed by atoms with E-state index in [0.29, 0.717) is 26.4 Å². The number of aromatic hydroxyl groups is 1. The number of carboxylic acids is 1. The van der Waals surface area contributed by atoms with Crippen LogP contribution in [0.2, 0.25) is 0 Å². The number of amides is 2. The zero-order valence-corrected chi connectivity index (χ0v) is 11.6. The summed E-state index contributed by atoms with van der Waals surface area (Å²) in [5, 5.41) is 23.3. The van der Waals surface area contributed by atoms with Gasteiger partial charge in [-0.15, -0.1) is 0 Å². The van der Waals surface area contributed by atoms with Crippen LogP contribution in [0, 0.1) is 0 Å². The molecule has 0 aromatic heterocycles. The van der Waals surface area contributed by atoms with Gasteiger partial charge in [0.05, 0.1) is 31.1 Å². The number of methoxy groups -OCH3 is 1. The van der Waals surface area contributed by atoms with Crippen LogP contribution in [-0.4, -0.2) is 55.7 Å². The van der Waals surface area contributed by atoms with Gasteiger partial charge in [-0.3, -0.25) is 0 Å². The third kappa shape index (κ3) is 6.11. The Morgan fingerprint density at radius 1 is 1.24 bits per heavy atom. The lowest BCUT2D eigenvalue weighted by molar-refractivity contribution is 0.0696. The largest absolute Gasteiger partial charge is 0.506 e. The Morgan fingerprint density at radius 3 is 2.62 bits per heavy atom. The van der Waals surface area contributed by atoms with Crippen molar-refractivity contribution in [1.82, 2.24) is 5.32 Å². The molecule has 2 amide bonds. The SMILES string of the molecule is COCCOCCNC(=O)Nc1ccc(C(=O)O)cc1O. The number of phenolic OH excluding ortho intramolecular Hbond substituents is 1. The van der Waals surface area contributed by atoms with E-state index >= 15 is 0 Å². The Morgan fingerprint density at radius 2 is 2.00 bits per heavy atom. The first kappa shape index (κ1) is 16.7. The molecule has 0 spiro atoms. The zero-order valence-electron chi connectivity index (χ0n) is 11.6. The molecule has 0 heterocycles. The fourth-order valence-corrected chi connectivity index (χ4v) is 1.42. The Hall–Kier alpha value is -2.32. The number of benzene rings is 1. The van der Waals surface area contributed by atoms with Crippen molar-refractivity contribution < 1.29 is 29.3 Å². The molecule has 8 heteroatoms. The second-order valence-corrected chi connectivity index (χ2v) is 4.02. The molecule has 4 N–H and O–H groups in total. The fraction of sp³-hybridized carbons (Fsp3) is 0.385. The second kappa shape index (κ2) is 8.77. The predicted molar refractivity (Wildman–Crippen MR) is 74.8 cm³/mol. The van der Waals surface area contributed by atoms with Gasteiger partial charge in [0, 0.05) is 13.7 Å². The lowest BCUT2D eigenvalue weighted by Gasteiger charge is -2.09. The fourth-order valence-electron chi connectivity index (χ4n) is 1.42. The van der Waals surface area contributed by atoms with Crippen molar-refractivity contribution in [2.24, 2.45) is 0 Å². The van der Waals surface area contributed by atoms with Crippen LogP contribution in [0.4, 0.5) is 10.5 Å². The van der Waals surface area contributed by atoms with E-state index < -0.39 is 12.0 Å². The molecule has 1 aromatic carbocycles. The van der Waals surface area contributed by atoms with Crippen LogP contribution in [0.25, 0.3) is 0 Å². The van der Waals surface area contributed by atoms with Crippen LogP contribution in [0.3, 0.4) is 0 Å². The first-order valence-corrected chi connectivity index (χ1v) is 6.22. The van der Waals surface area contributed by atoms with Crippen molar-refractivity contribution in [3.05, 3.63) is 23.8 Å². The number of urea groups is 1. The lowest BCUT2D eigenvalue weighted by Crippen LogP contribution is -2.31. The Kier molecular flexibility index (Phi) is 6.99. The molecule has 0 aliphatic heterocycles. The van der Waals surface area contributed by atoms with Gasteiger partial charge >= 0.3 is 12.0 Å². The molecule has 0 atom stereocenters. The van der Waals surface area contributed by atoms with Crippen LogP contribution in [-0.2, 0) is 9.47 Å². The highest BCUT2D eigenvalue weighted by Gasteiger charge is 2.09. The van der Waals surface area contributed by atoms with Crippen LogP contribution < -0.4 is 10.6 Å². The number of carboxylic acid groups (broad SMARTS) is 1. The van der Waals surface area contributed by atoms with E-state index in [9.17, 15) is 14.7 Å². The highest BCUT2D eigenvalue weighted by molar-refractivity contribution is 5.93. The van der Waals surface area contributed by atoms with Crippen LogP contribution in [0.5, 0.6) is 5.75 Å². The van der Waals surface area contributed by atoms with Gasteiger partial charge in [0.15, 0.2) is 0 Å². The minimum absolute atomic E-state index is 0.0648. The molecule has 0 saturated carbocycles. The van der Waals surface area contributed by atoms with Gasteiger partial charge in [0.2, 0.25) is 0 Å². The third-order valence-electron chi connectivity index (χ3n) is 2.46. The van der Waals surface area contributed by atoms with Gasteiger partial charge in [-0.1, -0.05) is 0 Å². The molecule has 1 aromatic rings. The number of carbonyl (C=O) groups excluding carboxylic acids is 1. The van der Waals surface area contributed by atoms with E-state index in [0.717, 1.165) is 6.07 Å². The van der Waals surface area contributed by atoms with Crippen LogP contribution in [0.15, 0.2) is 18.2 Å². The maximum Gasteiger partial charge on any atom is 0.335 e. The third-order valence-corrected chi connectivity index (χ3v) is 2.46. The van der Waals surface area contributed by atoms with Crippen LogP contribution >= 0.6 is 0 Å². The van der Waals surface area contributed by atoms with Crippen molar-refractivity contribution in [3.63, 3.8) is 0 Å². The number of ether oxygens (including phenoxy) is 2. The molecule has 0 fully saturated rings. The van der Waals surface area contributed by atoms with E-state index in [1.165, 1.54) is 12.1 Å². The topological polar surface area (TPSA) is 117 Å². The number of aromatic carboxylic acids is 1. The molecule has 21 heavy (non-hydrogen) atoms. The standard InChI is InChI=1S/C13H18N2O6/c1-20-6-7-21-5-4-14-13(19)15-10-3-2-9(12(17)18)8-11(10)16/h2-3,8,16H,4-7H2,1H3,(H,17,18)(H2,14,15,19). The summed E-state index contributed by atoms with van der Waals surface area (Å²) in [6.07, 6.45) is 0. The smallest absolute Gasteiger partial charge is 0.335 e. The van der Waals surface area contributed by atoms with E-state index in [2.05, 4.69) is 10.6 Å². The molecule has 0 saturated heterocycles. The van der Waals surface area contributed by atoms with Gasteiger partial charge in [0.1, 0.15) is 5.75 Å². The summed E-state index contributed by atoms with van der Waals surface area (Å²) in [7, 11) is 1.57. The molecule has 0 unspecified atom stereocenters. The van der Waals surface area contributed by atoms with E-state index in [1.54, 1.807) is 7.11 Å². The second-order valence-electron chi connectivity index (χ2n) is 4.02. The summed E-state index contributed by atoms with van der Waals surface area (Å²) in [4.78, 5) is 22.2. The number of rotatable bonds is 8. The highest BCUT2D eigenvalue weighted by Crippen LogP contribution is 2.24. The average molecular weight is 298 g/mol. The number of carbonyl (C=O) groups is 2. The van der Waals surface area contributed by atoms with Gasteiger partial charge in [-0.05, 0) is 18.2 Å². The quantitative estimate of drug-likeness (QED) is 0.418. The Labute approximate surface area is 121 Å². The Balaban J connectivity index is 2.36. The molecule has 0 radical (unpaired) electrons. The van der Waals surface area contributed by atoms with Crippen molar-refractivity contribution in [2.75, 3.05) is 38.8 Å². The van der Waals surface area contributed by atoms with Gasteiger partial charge in [-0.2, -0.15) is 0 Å². The normalized spacial score (nSPS) is 10.1. The van der Waals surface area contributed by atoms with E-state index in [-0.39, 0.29) is 17.0 Å². The minimum atomic E-state index is -1.16. The van der Waals surface area contributed by atoms with Gasteiger partial charge < -0.3 is 30.3 Å². The zero-order chi connectivity index (χ0) is 15.7. The number of hydrogen-bond donors (Lipinski definition) is 4. The molecular formula is C13H18N2O6. The monoisotopic (exact) mass is 298 g/mol. The highest BCUT2D eigenvalue weighted by atomic mass is 16.5. The molecule has 116 valence electrons. The number of phenols is 1.